The quantitative estimate of drug-likeness (QED) is 0.799. The van der Waals surface area contributed by atoms with Gasteiger partial charge in [-0.2, -0.15) is 0 Å². The molecule has 0 amide bonds. The lowest BCUT2D eigenvalue weighted by atomic mass is 10.3. The van der Waals surface area contributed by atoms with E-state index in [-0.39, 0.29) is 9.77 Å². The van der Waals surface area contributed by atoms with Gasteiger partial charge in [0.05, 0.1) is 5.56 Å². The van der Waals surface area contributed by atoms with Crippen LogP contribution in [0.25, 0.3) is 0 Å². The van der Waals surface area contributed by atoms with Gasteiger partial charge in [0.2, 0.25) is 0 Å². The molecule has 0 aromatic carbocycles. The van der Waals surface area contributed by atoms with Crippen LogP contribution >= 0.6 is 22.0 Å². The molecule has 1 heterocycles. The van der Waals surface area contributed by atoms with Gasteiger partial charge in [0.1, 0.15) is 4.21 Å². The largest absolute Gasteiger partial charge is 0.478 e. The first-order valence-corrected chi connectivity index (χ1v) is 6.23. The van der Waals surface area contributed by atoms with E-state index in [1.54, 1.807) is 0 Å². The Morgan fingerprint density at radius 2 is 2.15 bits per heavy atom. The molecule has 1 rings (SSSR count). The van der Waals surface area contributed by atoms with E-state index >= 15 is 0 Å². The fraction of sp³-hybridized carbons (Fsp3) is 0.167. The van der Waals surface area contributed by atoms with Crippen molar-refractivity contribution in [3.63, 3.8) is 0 Å². The number of rotatable bonds is 2. The SMILES string of the molecule is Cc1sc(S(=O)(=O)Cl)cc1C(=O)O. The molecule has 0 fully saturated rings. The van der Waals surface area contributed by atoms with E-state index < -0.39 is 15.0 Å². The molecule has 0 unspecified atom stereocenters. The zero-order chi connectivity index (χ0) is 10.2. The number of aryl methyl sites for hydroxylation is 1. The van der Waals surface area contributed by atoms with Gasteiger partial charge < -0.3 is 5.11 Å². The van der Waals surface area contributed by atoms with Crippen molar-refractivity contribution in [2.45, 2.75) is 11.1 Å². The molecule has 1 aromatic heterocycles. The van der Waals surface area contributed by atoms with Crippen molar-refractivity contribution in [1.29, 1.82) is 0 Å². The van der Waals surface area contributed by atoms with Gasteiger partial charge in [-0.3, -0.25) is 0 Å². The lowest BCUT2D eigenvalue weighted by molar-refractivity contribution is 0.0696. The molecule has 0 saturated heterocycles. The third-order valence-electron chi connectivity index (χ3n) is 1.37. The van der Waals surface area contributed by atoms with Crippen LogP contribution < -0.4 is 0 Å². The maximum absolute atomic E-state index is 10.8. The van der Waals surface area contributed by atoms with E-state index in [9.17, 15) is 13.2 Å². The van der Waals surface area contributed by atoms with Crippen molar-refractivity contribution in [3.8, 4) is 0 Å². The monoisotopic (exact) mass is 240 g/mol. The van der Waals surface area contributed by atoms with Crippen LogP contribution in [0.2, 0.25) is 0 Å². The van der Waals surface area contributed by atoms with Crippen LogP contribution in [0.3, 0.4) is 0 Å². The summed E-state index contributed by atoms with van der Waals surface area (Å²) in [5.74, 6) is -1.15. The summed E-state index contributed by atoms with van der Waals surface area (Å²) in [6.07, 6.45) is 0. The molecule has 72 valence electrons. The Morgan fingerprint density at radius 1 is 1.62 bits per heavy atom. The third-order valence-corrected chi connectivity index (χ3v) is 4.49. The van der Waals surface area contributed by atoms with Gasteiger partial charge in [-0.15, -0.1) is 11.3 Å². The number of aromatic carboxylic acids is 1. The Kier molecular flexibility index (Phi) is 2.65. The smallest absolute Gasteiger partial charge is 0.336 e. The van der Waals surface area contributed by atoms with Crippen LogP contribution in [0.4, 0.5) is 0 Å². The minimum Gasteiger partial charge on any atom is -0.478 e. The summed E-state index contributed by atoms with van der Waals surface area (Å²) in [6, 6.07) is 1.06. The van der Waals surface area contributed by atoms with Crippen LogP contribution in [0, 0.1) is 6.92 Å². The highest BCUT2D eigenvalue weighted by atomic mass is 35.7. The van der Waals surface area contributed by atoms with Crippen molar-refractivity contribution in [1.82, 2.24) is 0 Å². The average molecular weight is 241 g/mol. The van der Waals surface area contributed by atoms with Crippen LogP contribution in [-0.4, -0.2) is 19.5 Å². The second-order valence-corrected chi connectivity index (χ2v) is 6.33. The molecule has 0 aliphatic heterocycles. The second kappa shape index (κ2) is 3.28. The molecular weight excluding hydrogens is 236 g/mol. The van der Waals surface area contributed by atoms with Crippen molar-refractivity contribution in [2.24, 2.45) is 0 Å². The number of carboxylic acid groups (broad SMARTS) is 1. The molecule has 0 bridgehead atoms. The Balaban J connectivity index is 3.33. The Hall–Kier alpha value is -0.590. The standard InChI is InChI=1S/C6H5ClO4S2/c1-3-4(6(8)9)2-5(12-3)13(7,10)11/h2H,1H3,(H,8,9). The Labute approximate surface area is 83.2 Å². The first kappa shape index (κ1) is 10.5. The van der Waals surface area contributed by atoms with Crippen LogP contribution in [0.1, 0.15) is 15.2 Å². The van der Waals surface area contributed by atoms with E-state index in [2.05, 4.69) is 0 Å². The molecule has 0 saturated carbocycles. The van der Waals surface area contributed by atoms with E-state index in [0.717, 1.165) is 17.4 Å². The number of carbonyl (C=O) groups is 1. The van der Waals surface area contributed by atoms with Gasteiger partial charge >= 0.3 is 5.97 Å². The highest BCUT2D eigenvalue weighted by molar-refractivity contribution is 8.15. The predicted molar refractivity (Wildman–Crippen MR) is 49.1 cm³/mol. The maximum atomic E-state index is 10.8. The molecule has 0 atom stereocenters. The van der Waals surface area contributed by atoms with Crippen molar-refractivity contribution in [3.05, 3.63) is 16.5 Å². The molecule has 0 aliphatic carbocycles. The molecule has 4 nitrogen and oxygen atoms in total. The summed E-state index contributed by atoms with van der Waals surface area (Å²) >= 11 is 0.849. The van der Waals surface area contributed by atoms with Gasteiger partial charge in [-0.1, -0.05) is 0 Å². The van der Waals surface area contributed by atoms with Gasteiger partial charge in [0.25, 0.3) is 9.05 Å². The van der Waals surface area contributed by atoms with Crippen LogP contribution in [0.15, 0.2) is 10.3 Å². The number of hydrogen-bond acceptors (Lipinski definition) is 4. The topological polar surface area (TPSA) is 71.4 Å². The van der Waals surface area contributed by atoms with Gasteiger partial charge in [0.15, 0.2) is 0 Å². The fourth-order valence-corrected chi connectivity index (χ4v) is 2.97. The minimum absolute atomic E-state index is 0.0239. The lowest BCUT2D eigenvalue weighted by Gasteiger charge is -1.86. The predicted octanol–water partition coefficient (Wildman–Crippen LogP) is 1.68. The summed E-state index contributed by atoms with van der Waals surface area (Å²) in [4.78, 5) is 11.0. The third kappa shape index (κ3) is 2.20. The summed E-state index contributed by atoms with van der Waals surface area (Å²) < 4.78 is 21.5. The lowest BCUT2D eigenvalue weighted by Crippen LogP contribution is -1.95. The average Bonchev–Trinajstić information content (AvgIpc) is 2.29. The highest BCUT2D eigenvalue weighted by Crippen LogP contribution is 2.28. The molecule has 0 spiro atoms. The number of carboxylic acids is 1. The second-order valence-electron chi connectivity index (χ2n) is 2.28. The molecule has 0 radical (unpaired) electrons. The van der Waals surface area contributed by atoms with E-state index in [4.69, 9.17) is 15.8 Å². The fourth-order valence-electron chi connectivity index (χ4n) is 0.787. The van der Waals surface area contributed by atoms with Gasteiger partial charge in [0, 0.05) is 15.6 Å². The van der Waals surface area contributed by atoms with E-state index in [1.165, 1.54) is 6.92 Å². The Morgan fingerprint density at radius 3 is 2.38 bits per heavy atom. The summed E-state index contributed by atoms with van der Waals surface area (Å²) in [5, 5.41) is 8.61. The minimum atomic E-state index is -3.81. The van der Waals surface area contributed by atoms with Crippen molar-refractivity contribution in [2.75, 3.05) is 0 Å². The van der Waals surface area contributed by atoms with Crippen LogP contribution in [0.5, 0.6) is 0 Å². The summed E-state index contributed by atoms with van der Waals surface area (Å²) in [6.45, 7) is 1.53. The summed E-state index contributed by atoms with van der Waals surface area (Å²) in [5.41, 5.74) is -0.0239. The van der Waals surface area contributed by atoms with Gasteiger partial charge in [-0.05, 0) is 13.0 Å². The molecular formula is C6H5ClO4S2. The van der Waals surface area contributed by atoms with Crippen LogP contribution in [-0.2, 0) is 9.05 Å². The first-order valence-electron chi connectivity index (χ1n) is 3.11. The number of thiophene rings is 1. The Bertz CT molecular complexity index is 445. The molecule has 1 aromatic rings. The molecule has 1 N–H and O–H groups in total. The molecule has 0 aliphatic rings. The zero-order valence-corrected chi connectivity index (χ0v) is 8.83. The molecule has 13 heavy (non-hydrogen) atoms. The first-order chi connectivity index (χ1) is 5.82. The zero-order valence-electron chi connectivity index (χ0n) is 6.44. The summed E-state index contributed by atoms with van der Waals surface area (Å²) in [7, 11) is 1.23. The van der Waals surface area contributed by atoms with Gasteiger partial charge in [-0.25, -0.2) is 13.2 Å². The van der Waals surface area contributed by atoms with Crippen molar-refractivity contribution < 1.29 is 18.3 Å². The highest BCUT2D eigenvalue weighted by Gasteiger charge is 2.19. The normalized spacial score (nSPS) is 11.5. The number of hydrogen-bond donors (Lipinski definition) is 1. The maximum Gasteiger partial charge on any atom is 0.336 e. The number of halogens is 1. The molecule has 7 heteroatoms. The van der Waals surface area contributed by atoms with E-state index in [1.807, 2.05) is 0 Å². The van der Waals surface area contributed by atoms with E-state index in [0.29, 0.717) is 4.88 Å². The van der Waals surface area contributed by atoms with Crippen molar-refractivity contribution >= 4 is 37.0 Å².